The Bertz CT molecular complexity index is 2010. The van der Waals surface area contributed by atoms with Gasteiger partial charge >= 0.3 is 12.0 Å². The van der Waals surface area contributed by atoms with E-state index < -0.39 is 73.1 Å². The second kappa shape index (κ2) is 35.8. The van der Waals surface area contributed by atoms with Crippen LogP contribution in [0.2, 0.25) is 0 Å². The van der Waals surface area contributed by atoms with Crippen molar-refractivity contribution in [1.29, 1.82) is 5.41 Å². The highest BCUT2D eigenvalue weighted by atomic mass is 19.1. The Morgan fingerprint density at radius 1 is 0.708 bits per heavy atom. The van der Waals surface area contributed by atoms with Gasteiger partial charge in [0.15, 0.2) is 11.6 Å². The first-order valence-corrected chi connectivity index (χ1v) is 24.6. The number of urea groups is 1. The Kier molecular flexibility index (Phi) is 29.9. The van der Waals surface area contributed by atoms with Gasteiger partial charge in [0.25, 0.3) is 5.91 Å². The summed E-state index contributed by atoms with van der Waals surface area (Å²) in [6, 6.07) is 3.78. The lowest BCUT2D eigenvalue weighted by atomic mass is 9.99. The molecule has 0 unspecified atom stereocenters. The zero-order chi connectivity index (χ0) is 52.4. The van der Waals surface area contributed by atoms with Crippen molar-refractivity contribution in [2.75, 3.05) is 59.5 Å². The van der Waals surface area contributed by atoms with E-state index in [4.69, 9.17) is 30.1 Å². The number of unbranched alkanes of at least 4 members (excludes halogenated alkanes) is 3. The van der Waals surface area contributed by atoms with Gasteiger partial charge in [0.2, 0.25) is 11.8 Å². The predicted molar refractivity (Wildman–Crippen MR) is 258 cm³/mol. The van der Waals surface area contributed by atoms with Crippen LogP contribution >= 0.6 is 0 Å². The van der Waals surface area contributed by atoms with Crippen LogP contribution in [0.3, 0.4) is 0 Å². The number of nitrogens with two attached hydrogens (primary N) is 1. The molecular weight excluding hydrogens is 944 g/mol. The zero-order valence-corrected chi connectivity index (χ0v) is 41.1. The molecule has 1 aromatic carbocycles. The number of amidine groups is 1. The number of carbonyl (C=O) groups is 8. The molecule has 2 heterocycles. The maximum atomic E-state index is 13.9. The molecule has 1 aromatic heterocycles. The van der Waals surface area contributed by atoms with E-state index in [0.717, 1.165) is 5.01 Å². The number of aliphatic carboxylic acids is 1. The Balaban J connectivity index is 1.39. The Morgan fingerprint density at radius 2 is 1.35 bits per heavy atom. The zero-order valence-electron chi connectivity index (χ0n) is 41.1. The van der Waals surface area contributed by atoms with E-state index in [1.807, 2.05) is 0 Å². The van der Waals surface area contributed by atoms with Crippen LogP contribution in [-0.4, -0.2) is 156 Å². The molecule has 1 aliphatic rings. The molecule has 1 saturated heterocycles. The highest BCUT2D eigenvalue weighted by Gasteiger charge is 2.32. The summed E-state index contributed by atoms with van der Waals surface area (Å²) < 4.78 is 35.9. The van der Waals surface area contributed by atoms with Gasteiger partial charge in [0, 0.05) is 51.3 Å². The number of aromatic nitrogens is 3. The van der Waals surface area contributed by atoms with Crippen molar-refractivity contribution < 1.29 is 66.8 Å². The fourth-order valence-corrected chi connectivity index (χ4v) is 7.28. The molecule has 3 rings (SSSR count). The van der Waals surface area contributed by atoms with Crippen LogP contribution in [0.25, 0.3) is 0 Å². The third kappa shape index (κ3) is 26.8. The van der Waals surface area contributed by atoms with E-state index in [9.17, 15) is 47.9 Å². The predicted octanol–water partition coefficient (Wildman–Crippen LogP) is 2.42. The molecule has 72 heavy (non-hydrogen) atoms. The van der Waals surface area contributed by atoms with Gasteiger partial charge < -0.3 is 45.7 Å². The number of carboxylic acid groups (broad SMARTS) is 1. The van der Waals surface area contributed by atoms with Gasteiger partial charge in [-0.05, 0) is 50.5 Å². The number of hydrogen-bond acceptors (Lipinski definition) is 15. The number of halogens is 1. The third-order valence-corrected chi connectivity index (χ3v) is 11.1. The molecule has 1 aliphatic heterocycles. The normalized spacial score (nSPS) is 17.0. The van der Waals surface area contributed by atoms with E-state index in [2.05, 4.69) is 31.7 Å². The molecule has 1 fully saturated rings. The maximum Gasteiger partial charge on any atom is 0.337 e. The first-order chi connectivity index (χ1) is 34.7. The summed E-state index contributed by atoms with van der Waals surface area (Å²) in [5, 5.41) is 33.5. The van der Waals surface area contributed by atoms with Crippen LogP contribution in [-0.2, 0) is 72.0 Å². The number of ether oxygens (including phenoxy) is 4. The highest BCUT2D eigenvalue weighted by Crippen LogP contribution is 2.14. The summed E-state index contributed by atoms with van der Waals surface area (Å²) in [5.74, 6) is -4.40. The number of benzene rings is 1. The van der Waals surface area contributed by atoms with E-state index in [0.29, 0.717) is 109 Å². The van der Waals surface area contributed by atoms with Crippen LogP contribution in [0.1, 0.15) is 114 Å². The van der Waals surface area contributed by atoms with Crippen molar-refractivity contribution in [2.45, 2.75) is 140 Å². The van der Waals surface area contributed by atoms with Gasteiger partial charge in [-0.1, -0.05) is 54.8 Å². The van der Waals surface area contributed by atoms with Gasteiger partial charge in [0.1, 0.15) is 24.4 Å². The number of carbonyl (C=O) groups excluding carboxylic acids is 7. The third-order valence-electron chi connectivity index (χ3n) is 11.1. The molecule has 0 aliphatic carbocycles. The molecule has 3 atom stereocenters. The topological polar surface area (TPSA) is 326 Å². The Morgan fingerprint density at radius 3 is 2.03 bits per heavy atom. The molecule has 0 bridgehead atoms. The number of carboxylic acids is 1. The summed E-state index contributed by atoms with van der Waals surface area (Å²) in [7, 11) is 0. The lowest BCUT2D eigenvalue weighted by molar-refractivity contribution is -0.141. The molecule has 400 valence electrons. The van der Waals surface area contributed by atoms with Crippen molar-refractivity contribution in [2.24, 2.45) is 5.73 Å². The van der Waals surface area contributed by atoms with Gasteiger partial charge in [-0.25, -0.2) is 14.5 Å². The van der Waals surface area contributed by atoms with E-state index >= 15 is 0 Å². The van der Waals surface area contributed by atoms with Crippen LogP contribution in [0, 0.1) is 5.41 Å². The van der Waals surface area contributed by atoms with E-state index in [1.54, 1.807) is 36.5 Å². The molecule has 0 spiro atoms. The number of nitrogens with zero attached hydrogens (tertiary/aromatic N) is 4. The van der Waals surface area contributed by atoms with Gasteiger partial charge in [-0.15, -0.1) is 5.10 Å². The fourth-order valence-electron chi connectivity index (χ4n) is 7.28. The van der Waals surface area contributed by atoms with Crippen LogP contribution in [0.5, 0.6) is 0 Å². The van der Waals surface area contributed by atoms with Crippen molar-refractivity contribution in [3.63, 3.8) is 0 Å². The molecule has 24 heteroatoms. The quantitative estimate of drug-likeness (QED) is 0.0293. The minimum atomic E-state index is -1.60. The summed E-state index contributed by atoms with van der Waals surface area (Å²) >= 11 is 0. The average Bonchev–Trinajstić information content (AvgIpc) is 3.79. The van der Waals surface area contributed by atoms with Crippen molar-refractivity contribution in [3.05, 3.63) is 47.8 Å². The monoisotopic (exact) mass is 1020 g/mol. The number of hydrazine groups is 1. The summed E-state index contributed by atoms with van der Waals surface area (Å²) in [6.07, 6.45) is 5.11. The first kappa shape index (κ1) is 60.1. The average molecular weight is 1020 g/mol. The minimum absolute atomic E-state index is 0.00383. The molecule has 2 aromatic rings. The first-order valence-electron chi connectivity index (χ1n) is 24.6. The SMILES string of the molecule is N=C(N)CCCC[C@@H]1NC(=O)[C@H](CCCCCC(=O)CCOCCOCCOCCOCCCC(=O)Cn2cc(CCCF)nn2)NC(=O)N(Cc2ccccc2)NC(=O)[C@H](CC(=O)O)NC(=O)CCC1=O. The fraction of sp³-hybridized carbons (Fsp3) is 0.646. The minimum Gasteiger partial charge on any atom is -0.481 e. The van der Waals surface area contributed by atoms with Gasteiger partial charge in [-0.2, -0.15) is 0 Å². The highest BCUT2D eigenvalue weighted by molar-refractivity contribution is 5.96. The van der Waals surface area contributed by atoms with Crippen LogP contribution < -0.4 is 27.1 Å². The lowest BCUT2D eigenvalue weighted by Crippen LogP contribution is -2.59. The van der Waals surface area contributed by atoms with Crippen molar-refractivity contribution in [1.82, 2.24) is 41.4 Å². The smallest absolute Gasteiger partial charge is 0.337 e. The molecule has 8 N–H and O–H groups in total. The van der Waals surface area contributed by atoms with E-state index in [1.165, 1.54) is 4.68 Å². The molecule has 0 saturated carbocycles. The van der Waals surface area contributed by atoms with Crippen molar-refractivity contribution in [3.8, 4) is 0 Å². The Hall–Kier alpha value is -6.24. The van der Waals surface area contributed by atoms with Gasteiger partial charge in [0.05, 0.1) is 83.5 Å². The number of alkyl halides is 1. The standard InChI is InChI=1S/C48H73FN10O13/c49-22-9-13-36-33-58(57-55-36)34-38(61)15-10-23-69-25-27-71-29-30-72-28-26-70-24-21-37(60)14-5-2-6-17-40-46(66)53-39(16-7-8-18-43(50)51)42(62)19-20-44(63)52-41(31-45(64)65)47(67)56-59(48(68)54-40)32-35-11-3-1-4-12-35/h1,3-4,11-12,33,39-41H,2,5-10,13-32,34H2,(H3,50,51)(H,52,63)(H,53,66)(H,54,68)(H,56,67)(H,64,65)/t39-,40-,41-/m0/s1. The summed E-state index contributed by atoms with van der Waals surface area (Å²) in [6.45, 7) is 2.17. The summed E-state index contributed by atoms with van der Waals surface area (Å²) in [4.78, 5) is 104. The molecular formula is C48H73FN10O13. The molecule has 5 amide bonds. The van der Waals surface area contributed by atoms with Crippen LogP contribution in [0.15, 0.2) is 36.5 Å². The number of amides is 5. The Labute approximate surface area is 419 Å². The van der Waals surface area contributed by atoms with E-state index in [-0.39, 0.29) is 82.2 Å². The molecule has 23 nitrogen and oxygen atoms in total. The summed E-state index contributed by atoms with van der Waals surface area (Å²) in [5.41, 5.74) is 9.14. The second-order valence-corrected chi connectivity index (χ2v) is 17.2. The lowest BCUT2D eigenvalue weighted by Gasteiger charge is -2.28. The maximum absolute atomic E-state index is 13.9. The second-order valence-electron chi connectivity index (χ2n) is 17.2. The molecule has 0 radical (unpaired) electrons. The van der Waals surface area contributed by atoms with Crippen molar-refractivity contribution >= 4 is 52.9 Å². The number of Topliss-reactive ketones (excluding diaryl/α,β-unsaturated/α-hetero) is 3. The number of rotatable bonds is 36. The number of hydrogen-bond donors (Lipinski definition) is 7. The van der Waals surface area contributed by atoms with Gasteiger partial charge in [-0.3, -0.25) is 48.8 Å². The number of nitrogens with one attached hydrogen (secondary N) is 5. The number of aryl methyl sites for hydroxylation is 1. The largest absolute Gasteiger partial charge is 0.481 e. The van der Waals surface area contributed by atoms with Crippen LogP contribution in [0.4, 0.5) is 9.18 Å². The number of ketones is 3.